The Labute approximate surface area is 180 Å². The number of fused-ring (bicyclic) bond motifs is 1. The highest BCUT2D eigenvalue weighted by atomic mass is 16.3. The van der Waals surface area contributed by atoms with Crippen LogP contribution in [0, 0.1) is 17.8 Å². The molecule has 2 aliphatic rings. The number of aliphatic hydroxyl groups is 1. The molecule has 2 N–H and O–H groups in total. The van der Waals surface area contributed by atoms with Gasteiger partial charge in [0.15, 0.2) is 5.60 Å². The molecule has 0 bridgehead atoms. The van der Waals surface area contributed by atoms with Crippen LogP contribution in [0.5, 0.6) is 0 Å². The predicted octanol–water partition coefficient (Wildman–Crippen LogP) is 3.95. The van der Waals surface area contributed by atoms with Gasteiger partial charge in [-0.25, -0.2) is 0 Å². The van der Waals surface area contributed by atoms with Gasteiger partial charge < -0.3 is 10.4 Å². The number of nitrogens with one attached hydrogen (secondary N) is 1. The zero-order valence-electron chi connectivity index (χ0n) is 18.0. The summed E-state index contributed by atoms with van der Waals surface area (Å²) >= 11 is 0. The molecule has 1 heterocycles. The van der Waals surface area contributed by atoms with E-state index in [1.807, 2.05) is 30.3 Å². The molecule has 1 amide bonds. The molecule has 2 aromatic carbocycles. The summed E-state index contributed by atoms with van der Waals surface area (Å²) < 4.78 is 0. The van der Waals surface area contributed by atoms with Crippen LogP contribution in [0.15, 0.2) is 60.7 Å². The summed E-state index contributed by atoms with van der Waals surface area (Å²) in [6.07, 6.45) is 3.40. The maximum absolute atomic E-state index is 13.0. The molecule has 0 radical (unpaired) electrons. The van der Waals surface area contributed by atoms with Crippen molar-refractivity contribution >= 4 is 5.91 Å². The zero-order valence-corrected chi connectivity index (χ0v) is 18.0. The number of nitrogens with zero attached hydrogens (tertiary/aromatic N) is 1. The van der Waals surface area contributed by atoms with E-state index in [0.717, 1.165) is 38.9 Å². The standard InChI is InChI=1S/C26H34N2O2/c1-2-3-10-15-26(30,21-13-8-5-9-14-21)25(29)27-16-22-23-18-28(19-24(22)23)17-20-11-6-4-7-12-20/h4-9,11-14,22-24,30H,2-3,10,15-19H2,1H3,(H,27,29). The van der Waals surface area contributed by atoms with Gasteiger partial charge in [0.1, 0.15) is 0 Å². The first-order valence-electron chi connectivity index (χ1n) is 11.4. The van der Waals surface area contributed by atoms with Crippen molar-refractivity contribution in [3.8, 4) is 0 Å². The van der Waals surface area contributed by atoms with Gasteiger partial charge in [-0.1, -0.05) is 80.4 Å². The maximum Gasteiger partial charge on any atom is 0.256 e. The van der Waals surface area contributed by atoms with Gasteiger partial charge in [0.2, 0.25) is 0 Å². The summed E-state index contributed by atoms with van der Waals surface area (Å²) in [6.45, 7) is 6.04. The first-order valence-corrected chi connectivity index (χ1v) is 11.4. The van der Waals surface area contributed by atoms with Crippen LogP contribution in [0.2, 0.25) is 0 Å². The van der Waals surface area contributed by atoms with Gasteiger partial charge in [-0.2, -0.15) is 0 Å². The summed E-state index contributed by atoms with van der Waals surface area (Å²) in [5.41, 5.74) is 0.632. The number of rotatable bonds is 10. The Morgan fingerprint density at radius 2 is 1.67 bits per heavy atom. The molecule has 0 spiro atoms. The minimum absolute atomic E-state index is 0.240. The summed E-state index contributed by atoms with van der Waals surface area (Å²) in [5, 5.41) is 14.4. The third-order valence-corrected chi connectivity index (χ3v) is 6.96. The van der Waals surface area contributed by atoms with Gasteiger partial charge >= 0.3 is 0 Å². The number of carbonyl (C=O) groups excluding carboxylic acids is 1. The molecule has 2 aromatic rings. The molecule has 3 unspecified atom stereocenters. The van der Waals surface area contributed by atoms with Gasteiger partial charge in [0.05, 0.1) is 0 Å². The lowest BCUT2D eigenvalue weighted by Gasteiger charge is -2.28. The molecular formula is C26H34N2O2. The van der Waals surface area contributed by atoms with E-state index < -0.39 is 5.60 Å². The highest BCUT2D eigenvalue weighted by Crippen LogP contribution is 2.51. The normalized spacial score (nSPS) is 24.8. The van der Waals surface area contributed by atoms with Gasteiger partial charge in [0.25, 0.3) is 5.91 Å². The second kappa shape index (κ2) is 9.32. The van der Waals surface area contributed by atoms with Crippen LogP contribution in [-0.2, 0) is 16.9 Å². The molecule has 2 fully saturated rings. The van der Waals surface area contributed by atoms with E-state index in [2.05, 4.69) is 47.5 Å². The molecule has 160 valence electrons. The predicted molar refractivity (Wildman–Crippen MR) is 120 cm³/mol. The van der Waals surface area contributed by atoms with Crippen LogP contribution in [-0.4, -0.2) is 35.5 Å². The third kappa shape index (κ3) is 4.60. The highest BCUT2D eigenvalue weighted by molar-refractivity contribution is 5.86. The van der Waals surface area contributed by atoms with Crippen molar-refractivity contribution in [1.82, 2.24) is 10.2 Å². The first kappa shape index (κ1) is 21.1. The van der Waals surface area contributed by atoms with E-state index in [0.29, 0.717) is 36.3 Å². The SMILES string of the molecule is CCCCCC(O)(C(=O)NCC1C2CN(Cc3ccccc3)CC12)c1ccccc1. The Bertz CT molecular complexity index is 813. The Hall–Kier alpha value is -2.17. The van der Waals surface area contributed by atoms with Crippen molar-refractivity contribution < 1.29 is 9.90 Å². The molecule has 4 rings (SSSR count). The number of unbranched alkanes of at least 4 members (excludes halogenated alkanes) is 2. The van der Waals surface area contributed by atoms with Gasteiger partial charge in [-0.3, -0.25) is 9.69 Å². The van der Waals surface area contributed by atoms with Crippen LogP contribution in [0.3, 0.4) is 0 Å². The van der Waals surface area contributed by atoms with E-state index >= 15 is 0 Å². The van der Waals surface area contributed by atoms with Gasteiger partial charge in [-0.15, -0.1) is 0 Å². The molecule has 1 aliphatic carbocycles. The Balaban J connectivity index is 1.29. The topological polar surface area (TPSA) is 52.6 Å². The number of piperidine rings is 1. The van der Waals surface area contributed by atoms with Gasteiger partial charge in [0, 0.05) is 26.2 Å². The largest absolute Gasteiger partial charge is 0.375 e. The number of likely N-dealkylation sites (tertiary alicyclic amines) is 1. The highest BCUT2D eigenvalue weighted by Gasteiger charge is 2.55. The fourth-order valence-electron chi connectivity index (χ4n) is 5.10. The first-order chi connectivity index (χ1) is 14.6. The van der Waals surface area contributed by atoms with Crippen molar-refractivity contribution in [2.45, 2.75) is 44.8 Å². The van der Waals surface area contributed by atoms with E-state index in [-0.39, 0.29) is 5.91 Å². The second-order valence-corrected chi connectivity index (χ2v) is 9.06. The third-order valence-electron chi connectivity index (χ3n) is 6.96. The summed E-state index contributed by atoms with van der Waals surface area (Å²) in [6, 6.07) is 20.0. The Morgan fingerprint density at radius 1 is 1.03 bits per heavy atom. The fraction of sp³-hybridized carbons (Fsp3) is 0.500. The van der Waals surface area contributed by atoms with E-state index in [4.69, 9.17) is 0 Å². The molecule has 30 heavy (non-hydrogen) atoms. The number of carbonyl (C=O) groups is 1. The molecule has 0 aromatic heterocycles. The minimum Gasteiger partial charge on any atom is -0.375 e. The van der Waals surface area contributed by atoms with Crippen molar-refractivity contribution in [3.63, 3.8) is 0 Å². The van der Waals surface area contributed by atoms with E-state index in [1.165, 1.54) is 5.56 Å². The number of hydrogen-bond donors (Lipinski definition) is 2. The van der Waals surface area contributed by atoms with Crippen molar-refractivity contribution in [3.05, 3.63) is 71.8 Å². The molecule has 3 atom stereocenters. The van der Waals surface area contributed by atoms with E-state index in [1.54, 1.807) is 0 Å². The van der Waals surface area contributed by atoms with Crippen molar-refractivity contribution in [1.29, 1.82) is 0 Å². The number of amides is 1. The molecule has 4 heteroatoms. The minimum atomic E-state index is -1.43. The lowest BCUT2D eigenvalue weighted by atomic mass is 9.87. The lowest BCUT2D eigenvalue weighted by Crippen LogP contribution is -2.45. The molecule has 1 saturated heterocycles. The second-order valence-electron chi connectivity index (χ2n) is 9.06. The van der Waals surface area contributed by atoms with Crippen LogP contribution in [0.1, 0.15) is 43.7 Å². The summed E-state index contributed by atoms with van der Waals surface area (Å²) in [5.74, 6) is 1.67. The Morgan fingerprint density at radius 3 is 2.30 bits per heavy atom. The van der Waals surface area contributed by atoms with Gasteiger partial charge in [-0.05, 0) is 41.7 Å². The fourth-order valence-corrected chi connectivity index (χ4v) is 5.10. The molecular weight excluding hydrogens is 372 g/mol. The van der Waals surface area contributed by atoms with Crippen LogP contribution in [0.25, 0.3) is 0 Å². The average molecular weight is 407 g/mol. The monoisotopic (exact) mass is 406 g/mol. The van der Waals surface area contributed by atoms with Crippen LogP contribution >= 0.6 is 0 Å². The number of benzene rings is 2. The summed E-state index contributed by atoms with van der Waals surface area (Å²) in [7, 11) is 0. The smallest absolute Gasteiger partial charge is 0.256 e. The van der Waals surface area contributed by atoms with Crippen molar-refractivity contribution in [2.24, 2.45) is 17.8 Å². The summed E-state index contributed by atoms with van der Waals surface area (Å²) in [4.78, 5) is 15.6. The quantitative estimate of drug-likeness (QED) is 0.588. The number of hydrogen-bond acceptors (Lipinski definition) is 3. The van der Waals surface area contributed by atoms with E-state index in [9.17, 15) is 9.90 Å². The zero-order chi connectivity index (χ0) is 21.0. The van der Waals surface area contributed by atoms with Crippen molar-refractivity contribution in [2.75, 3.05) is 19.6 Å². The Kier molecular flexibility index (Phi) is 6.55. The average Bonchev–Trinajstić information content (AvgIpc) is 3.23. The van der Waals surface area contributed by atoms with Crippen LogP contribution < -0.4 is 5.32 Å². The van der Waals surface area contributed by atoms with Crippen LogP contribution in [0.4, 0.5) is 0 Å². The molecule has 1 aliphatic heterocycles. The lowest BCUT2D eigenvalue weighted by molar-refractivity contribution is -0.142. The maximum atomic E-state index is 13.0. The molecule has 4 nitrogen and oxygen atoms in total. The molecule has 1 saturated carbocycles.